The van der Waals surface area contributed by atoms with Gasteiger partial charge in [-0.25, -0.2) is 4.98 Å². The molecule has 0 radical (unpaired) electrons. The highest BCUT2D eigenvalue weighted by molar-refractivity contribution is 7.19. The first-order valence-corrected chi connectivity index (χ1v) is 8.95. The molecular weight excluding hydrogens is 314 g/mol. The molecule has 0 N–H and O–H groups in total. The van der Waals surface area contributed by atoms with Crippen LogP contribution in [0.5, 0.6) is 0 Å². The number of para-hydroxylation sites is 1. The van der Waals surface area contributed by atoms with Gasteiger partial charge in [0.2, 0.25) is 0 Å². The molecule has 4 rings (SSSR count). The molecule has 3 aromatic rings. The lowest BCUT2D eigenvalue weighted by atomic mass is 10.1. The van der Waals surface area contributed by atoms with Gasteiger partial charge in [-0.3, -0.25) is 0 Å². The Morgan fingerprint density at radius 1 is 1.12 bits per heavy atom. The van der Waals surface area contributed by atoms with Gasteiger partial charge in [-0.05, 0) is 30.5 Å². The fourth-order valence-corrected chi connectivity index (χ4v) is 4.19. The number of nitrogens with zero attached hydrogens (tertiary/aromatic N) is 3. The molecule has 2 aromatic carbocycles. The lowest BCUT2D eigenvalue weighted by Gasteiger charge is -2.21. The third-order valence-corrected chi connectivity index (χ3v) is 5.40. The van der Waals surface area contributed by atoms with E-state index in [1.54, 1.807) is 11.3 Å². The molecule has 24 heavy (non-hydrogen) atoms. The largest absolute Gasteiger partial charge is 0.369 e. The number of benzene rings is 2. The lowest BCUT2D eigenvalue weighted by molar-refractivity contribution is 0.388. The second-order valence-electron chi connectivity index (χ2n) is 5.93. The van der Waals surface area contributed by atoms with E-state index in [-0.39, 0.29) is 0 Å². The van der Waals surface area contributed by atoms with E-state index >= 15 is 0 Å². The van der Waals surface area contributed by atoms with E-state index in [1.807, 2.05) is 24.3 Å². The van der Waals surface area contributed by atoms with E-state index in [2.05, 4.69) is 46.3 Å². The minimum atomic E-state index is 0.740. The van der Waals surface area contributed by atoms with Crippen LogP contribution in [-0.2, 0) is 6.54 Å². The fraction of sp³-hybridized carbons (Fsp3) is 0.200. The summed E-state index contributed by atoms with van der Waals surface area (Å²) in [6.45, 7) is 1.85. The quantitative estimate of drug-likeness (QED) is 0.646. The van der Waals surface area contributed by atoms with Crippen molar-refractivity contribution in [3.8, 4) is 6.07 Å². The number of hydrogen-bond acceptors (Lipinski definition) is 4. The molecule has 0 bridgehead atoms. The Kier molecular flexibility index (Phi) is 4.02. The number of fused-ring (bicyclic) bond motifs is 1. The molecular formula is C20H17N3S. The van der Waals surface area contributed by atoms with Gasteiger partial charge in [-0.15, -0.1) is 11.3 Å². The highest BCUT2D eigenvalue weighted by Gasteiger charge is 2.23. The number of thiazole rings is 1. The molecule has 3 nitrogen and oxygen atoms in total. The molecule has 0 spiro atoms. The Morgan fingerprint density at radius 2 is 1.92 bits per heavy atom. The van der Waals surface area contributed by atoms with Gasteiger partial charge in [0.25, 0.3) is 0 Å². The molecule has 0 atom stereocenters. The Hall–Kier alpha value is -2.64. The van der Waals surface area contributed by atoms with Crippen molar-refractivity contribution in [2.24, 2.45) is 0 Å². The normalized spacial score (nSPS) is 16.4. The van der Waals surface area contributed by atoms with Crippen molar-refractivity contribution in [2.45, 2.75) is 19.4 Å². The van der Waals surface area contributed by atoms with E-state index < -0.39 is 0 Å². The van der Waals surface area contributed by atoms with Crippen LogP contribution in [0.4, 0.5) is 0 Å². The van der Waals surface area contributed by atoms with Gasteiger partial charge in [0.05, 0.1) is 10.2 Å². The zero-order chi connectivity index (χ0) is 16.4. The Labute approximate surface area is 145 Å². The smallest absolute Gasteiger partial charge is 0.136 e. The van der Waals surface area contributed by atoms with Crippen LogP contribution >= 0.6 is 11.3 Å². The van der Waals surface area contributed by atoms with Gasteiger partial charge in [0.15, 0.2) is 0 Å². The first-order chi connectivity index (χ1) is 11.8. The molecule has 1 fully saturated rings. The highest BCUT2D eigenvalue weighted by Crippen LogP contribution is 2.34. The van der Waals surface area contributed by atoms with Crippen LogP contribution in [0.1, 0.15) is 23.4 Å². The SMILES string of the molecule is N#C/C(=C1/CCCN1Cc1ccccc1)c1nc2ccccc2s1. The Morgan fingerprint density at radius 3 is 2.71 bits per heavy atom. The van der Waals surface area contributed by atoms with Gasteiger partial charge >= 0.3 is 0 Å². The molecule has 1 saturated heterocycles. The molecule has 0 saturated carbocycles. The van der Waals surface area contributed by atoms with Crippen molar-refractivity contribution in [1.29, 1.82) is 5.26 Å². The summed E-state index contributed by atoms with van der Waals surface area (Å²) in [6.07, 6.45) is 2.05. The number of likely N-dealkylation sites (tertiary alicyclic amines) is 1. The van der Waals surface area contributed by atoms with Crippen molar-refractivity contribution in [1.82, 2.24) is 9.88 Å². The van der Waals surface area contributed by atoms with Gasteiger partial charge in [-0.2, -0.15) is 5.26 Å². The zero-order valence-corrected chi connectivity index (χ0v) is 14.1. The van der Waals surface area contributed by atoms with Crippen LogP contribution in [-0.4, -0.2) is 16.4 Å². The van der Waals surface area contributed by atoms with Gasteiger partial charge in [-0.1, -0.05) is 42.5 Å². The molecule has 0 amide bonds. The van der Waals surface area contributed by atoms with Gasteiger partial charge in [0, 0.05) is 18.8 Å². The van der Waals surface area contributed by atoms with E-state index in [0.717, 1.165) is 52.4 Å². The predicted octanol–water partition coefficient (Wildman–Crippen LogP) is 4.83. The topological polar surface area (TPSA) is 39.9 Å². The summed E-state index contributed by atoms with van der Waals surface area (Å²) in [5.41, 5.74) is 4.13. The zero-order valence-electron chi connectivity index (χ0n) is 13.3. The lowest BCUT2D eigenvalue weighted by Crippen LogP contribution is -2.18. The second-order valence-corrected chi connectivity index (χ2v) is 6.96. The molecule has 0 aliphatic carbocycles. The number of rotatable bonds is 3. The Balaban J connectivity index is 1.72. The maximum absolute atomic E-state index is 9.78. The van der Waals surface area contributed by atoms with E-state index in [9.17, 15) is 5.26 Å². The summed E-state index contributed by atoms with van der Waals surface area (Å²) in [4.78, 5) is 7.01. The predicted molar refractivity (Wildman–Crippen MR) is 98.2 cm³/mol. The van der Waals surface area contributed by atoms with Crippen molar-refractivity contribution in [2.75, 3.05) is 6.54 Å². The van der Waals surface area contributed by atoms with Crippen LogP contribution < -0.4 is 0 Å². The van der Waals surface area contributed by atoms with Crippen LogP contribution in [0.3, 0.4) is 0 Å². The molecule has 1 aliphatic heterocycles. The highest BCUT2D eigenvalue weighted by atomic mass is 32.1. The first kappa shape index (κ1) is 14.9. The minimum Gasteiger partial charge on any atom is -0.369 e. The minimum absolute atomic E-state index is 0.740. The summed E-state index contributed by atoms with van der Waals surface area (Å²) in [6, 6.07) is 20.9. The molecule has 1 aromatic heterocycles. The molecule has 4 heteroatoms. The summed E-state index contributed by atoms with van der Waals surface area (Å²) >= 11 is 1.61. The standard InChI is InChI=1S/C20H17N3S/c21-13-16(20-22-17-9-4-5-11-19(17)24-20)18-10-6-12-23(18)14-15-7-2-1-3-8-15/h1-5,7-9,11H,6,10,12,14H2/b18-16+. The van der Waals surface area contributed by atoms with Gasteiger partial charge in [0.1, 0.15) is 16.6 Å². The maximum Gasteiger partial charge on any atom is 0.136 e. The van der Waals surface area contributed by atoms with Crippen LogP contribution in [0.15, 0.2) is 60.3 Å². The van der Waals surface area contributed by atoms with Crippen molar-refractivity contribution >= 4 is 27.1 Å². The molecule has 118 valence electrons. The molecule has 1 aliphatic rings. The summed E-state index contributed by atoms with van der Waals surface area (Å²) < 4.78 is 1.13. The van der Waals surface area contributed by atoms with E-state index in [1.165, 1.54) is 5.56 Å². The van der Waals surface area contributed by atoms with Crippen LogP contribution in [0, 0.1) is 11.3 Å². The second kappa shape index (κ2) is 6.46. The van der Waals surface area contributed by atoms with E-state index in [4.69, 9.17) is 0 Å². The number of nitriles is 1. The molecule has 0 unspecified atom stereocenters. The van der Waals surface area contributed by atoms with Gasteiger partial charge < -0.3 is 4.90 Å². The number of aromatic nitrogens is 1. The first-order valence-electron chi connectivity index (χ1n) is 8.13. The van der Waals surface area contributed by atoms with Crippen LogP contribution in [0.2, 0.25) is 0 Å². The number of allylic oxidation sites excluding steroid dienone is 2. The third-order valence-electron chi connectivity index (χ3n) is 4.35. The molecule has 2 heterocycles. The average molecular weight is 331 g/mol. The maximum atomic E-state index is 9.78. The Bertz CT molecular complexity index is 901. The monoisotopic (exact) mass is 331 g/mol. The van der Waals surface area contributed by atoms with E-state index in [0.29, 0.717) is 0 Å². The fourth-order valence-electron chi connectivity index (χ4n) is 3.21. The van der Waals surface area contributed by atoms with Crippen molar-refractivity contribution in [3.63, 3.8) is 0 Å². The third kappa shape index (κ3) is 2.79. The van der Waals surface area contributed by atoms with Crippen LogP contribution in [0.25, 0.3) is 15.8 Å². The summed E-state index contributed by atoms with van der Waals surface area (Å²) in [5, 5.41) is 10.6. The summed E-state index contributed by atoms with van der Waals surface area (Å²) in [7, 11) is 0. The summed E-state index contributed by atoms with van der Waals surface area (Å²) in [5.74, 6) is 0. The van der Waals surface area contributed by atoms with Crippen molar-refractivity contribution in [3.05, 3.63) is 70.9 Å². The van der Waals surface area contributed by atoms with Crippen molar-refractivity contribution < 1.29 is 0 Å². The average Bonchev–Trinajstić information content (AvgIpc) is 3.24. The number of hydrogen-bond donors (Lipinski definition) is 0.